The zero-order chi connectivity index (χ0) is 18.8. The lowest BCUT2D eigenvalue weighted by Crippen LogP contribution is -2.18. The number of hydrogen-bond acceptors (Lipinski definition) is 6. The van der Waals surface area contributed by atoms with Gasteiger partial charge in [0.05, 0.1) is 25.5 Å². The van der Waals surface area contributed by atoms with Gasteiger partial charge in [-0.25, -0.2) is 0 Å². The summed E-state index contributed by atoms with van der Waals surface area (Å²) in [6, 6.07) is 4.04. The van der Waals surface area contributed by atoms with Crippen molar-refractivity contribution in [2.45, 2.75) is 6.54 Å². The standard InChI is InChI=1S/C20H24N4O2/c1-13-19-20(22-8-7-21-19)15(12-24(13)4)14-9-17(25-5)16(11-23(2)3)18(10-14)26-6/h7-10,12H,1,11H2,2-6H3. The fraction of sp³-hybridized carbons (Fsp3) is 0.300. The van der Waals surface area contributed by atoms with Crippen LogP contribution in [0.15, 0.2) is 37.3 Å². The molecule has 0 radical (unpaired) electrons. The summed E-state index contributed by atoms with van der Waals surface area (Å²) in [6.07, 6.45) is 5.39. The third-order valence-electron chi connectivity index (χ3n) is 4.37. The molecule has 0 atom stereocenters. The quantitative estimate of drug-likeness (QED) is 0.825. The van der Waals surface area contributed by atoms with E-state index in [2.05, 4.69) is 21.4 Å². The van der Waals surface area contributed by atoms with E-state index in [9.17, 15) is 0 Å². The van der Waals surface area contributed by atoms with E-state index in [1.54, 1.807) is 26.6 Å². The Hall–Kier alpha value is -2.86. The van der Waals surface area contributed by atoms with Gasteiger partial charge in [0.15, 0.2) is 0 Å². The largest absolute Gasteiger partial charge is 0.496 e. The van der Waals surface area contributed by atoms with Crippen LogP contribution in [-0.2, 0) is 6.54 Å². The Labute approximate surface area is 154 Å². The molecule has 1 aliphatic rings. The van der Waals surface area contributed by atoms with Crippen LogP contribution < -0.4 is 9.47 Å². The molecule has 136 valence electrons. The van der Waals surface area contributed by atoms with E-state index in [0.717, 1.165) is 51.8 Å². The lowest BCUT2D eigenvalue weighted by atomic mass is 9.96. The molecule has 1 aromatic heterocycles. The summed E-state index contributed by atoms with van der Waals surface area (Å²) >= 11 is 0. The van der Waals surface area contributed by atoms with Gasteiger partial charge in [-0.1, -0.05) is 6.58 Å². The molecule has 0 saturated heterocycles. The Morgan fingerprint density at radius 3 is 2.15 bits per heavy atom. The molecule has 6 heteroatoms. The number of rotatable bonds is 5. The molecule has 1 aliphatic heterocycles. The minimum Gasteiger partial charge on any atom is -0.496 e. The summed E-state index contributed by atoms with van der Waals surface area (Å²) in [5, 5.41) is 0. The Kier molecular flexibility index (Phi) is 4.95. The SMILES string of the molecule is C=C1c2nccnc2C(c2cc(OC)c(CN(C)C)c(OC)c2)=CN1C. The molecule has 6 nitrogen and oxygen atoms in total. The smallest absolute Gasteiger partial charge is 0.127 e. The number of aromatic nitrogens is 2. The van der Waals surface area contributed by atoms with Gasteiger partial charge >= 0.3 is 0 Å². The van der Waals surface area contributed by atoms with E-state index in [-0.39, 0.29) is 0 Å². The van der Waals surface area contributed by atoms with Crippen LogP contribution >= 0.6 is 0 Å². The van der Waals surface area contributed by atoms with Gasteiger partial charge in [-0.15, -0.1) is 0 Å². The first kappa shape index (κ1) is 17.9. The van der Waals surface area contributed by atoms with Crippen LogP contribution in [0.5, 0.6) is 11.5 Å². The second-order valence-electron chi connectivity index (χ2n) is 6.45. The van der Waals surface area contributed by atoms with E-state index >= 15 is 0 Å². The van der Waals surface area contributed by atoms with Gasteiger partial charge in [-0.3, -0.25) is 9.97 Å². The number of fused-ring (bicyclic) bond motifs is 1. The van der Waals surface area contributed by atoms with E-state index in [4.69, 9.17) is 9.47 Å². The summed E-state index contributed by atoms with van der Waals surface area (Å²) in [4.78, 5) is 13.0. The molecule has 0 saturated carbocycles. The minimum atomic E-state index is 0.721. The summed E-state index contributed by atoms with van der Waals surface area (Å²) in [7, 11) is 9.34. The number of methoxy groups -OCH3 is 2. The van der Waals surface area contributed by atoms with Gasteiger partial charge in [0.2, 0.25) is 0 Å². The second-order valence-corrected chi connectivity index (χ2v) is 6.45. The predicted octanol–water partition coefficient (Wildman–Crippen LogP) is 2.86. The molecule has 0 bridgehead atoms. The fourth-order valence-corrected chi connectivity index (χ4v) is 3.07. The van der Waals surface area contributed by atoms with Gasteiger partial charge in [-0.05, 0) is 31.8 Å². The van der Waals surface area contributed by atoms with Crippen LogP contribution in [0.25, 0.3) is 11.3 Å². The molecule has 0 N–H and O–H groups in total. The summed E-state index contributed by atoms with van der Waals surface area (Å²) in [6.45, 7) is 4.82. The van der Waals surface area contributed by atoms with Crippen LogP contribution in [-0.4, -0.2) is 55.1 Å². The van der Waals surface area contributed by atoms with Crippen LogP contribution in [0.4, 0.5) is 0 Å². The van der Waals surface area contributed by atoms with Crippen molar-refractivity contribution < 1.29 is 9.47 Å². The van der Waals surface area contributed by atoms with Crippen molar-refractivity contribution in [3.63, 3.8) is 0 Å². The molecule has 1 aromatic carbocycles. The summed E-state index contributed by atoms with van der Waals surface area (Å²) in [5.41, 5.74) is 5.33. The maximum Gasteiger partial charge on any atom is 0.127 e. The summed E-state index contributed by atoms with van der Waals surface area (Å²) < 4.78 is 11.3. The molecule has 2 aromatic rings. The van der Waals surface area contributed by atoms with E-state index in [1.165, 1.54) is 0 Å². The Morgan fingerprint density at radius 2 is 1.62 bits per heavy atom. The lowest BCUT2D eigenvalue weighted by Gasteiger charge is -2.27. The van der Waals surface area contributed by atoms with Gasteiger partial charge in [0.25, 0.3) is 0 Å². The van der Waals surface area contributed by atoms with Crippen LogP contribution in [0, 0.1) is 0 Å². The van der Waals surface area contributed by atoms with E-state index in [0.29, 0.717) is 0 Å². The summed E-state index contributed by atoms with van der Waals surface area (Å²) in [5.74, 6) is 1.57. The zero-order valence-corrected chi connectivity index (χ0v) is 15.9. The molecular formula is C20H24N4O2. The van der Waals surface area contributed by atoms with Crippen LogP contribution in [0.3, 0.4) is 0 Å². The monoisotopic (exact) mass is 352 g/mol. The van der Waals surface area contributed by atoms with Crippen molar-refractivity contribution >= 4 is 11.3 Å². The van der Waals surface area contributed by atoms with Gasteiger partial charge < -0.3 is 19.3 Å². The molecule has 2 heterocycles. The van der Waals surface area contributed by atoms with Crippen molar-refractivity contribution in [2.75, 3.05) is 35.4 Å². The van der Waals surface area contributed by atoms with Crippen molar-refractivity contribution in [3.8, 4) is 11.5 Å². The van der Waals surface area contributed by atoms with Gasteiger partial charge in [0, 0.05) is 37.8 Å². The molecule has 0 amide bonds. The number of ether oxygens (including phenoxy) is 2. The third-order valence-corrected chi connectivity index (χ3v) is 4.37. The average Bonchev–Trinajstić information content (AvgIpc) is 2.64. The first-order valence-corrected chi connectivity index (χ1v) is 8.31. The topological polar surface area (TPSA) is 50.7 Å². The molecule has 0 unspecified atom stereocenters. The maximum atomic E-state index is 5.66. The Bertz CT molecular complexity index is 849. The highest BCUT2D eigenvalue weighted by molar-refractivity contribution is 5.87. The normalized spacial score (nSPS) is 13.5. The van der Waals surface area contributed by atoms with Gasteiger partial charge in [-0.2, -0.15) is 0 Å². The molecular weight excluding hydrogens is 328 g/mol. The maximum absolute atomic E-state index is 5.66. The Morgan fingerprint density at radius 1 is 1.04 bits per heavy atom. The predicted molar refractivity (Wildman–Crippen MR) is 103 cm³/mol. The second kappa shape index (κ2) is 7.17. The molecule has 0 aliphatic carbocycles. The average molecular weight is 352 g/mol. The van der Waals surface area contributed by atoms with Crippen molar-refractivity contribution in [1.82, 2.24) is 19.8 Å². The van der Waals surface area contributed by atoms with Crippen molar-refractivity contribution in [2.24, 2.45) is 0 Å². The molecule has 3 rings (SSSR count). The minimum absolute atomic E-state index is 0.721. The number of nitrogens with zero attached hydrogens (tertiary/aromatic N) is 4. The Balaban J connectivity index is 2.18. The molecule has 0 fully saturated rings. The lowest BCUT2D eigenvalue weighted by molar-refractivity contribution is 0.348. The van der Waals surface area contributed by atoms with E-state index < -0.39 is 0 Å². The highest BCUT2D eigenvalue weighted by atomic mass is 16.5. The van der Waals surface area contributed by atoms with Gasteiger partial charge in [0.1, 0.15) is 22.9 Å². The highest BCUT2D eigenvalue weighted by Crippen LogP contribution is 2.39. The fourth-order valence-electron chi connectivity index (χ4n) is 3.07. The zero-order valence-electron chi connectivity index (χ0n) is 15.9. The van der Waals surface area contributed by atoms with Crippen LogP contribution in [0.2, 0.25) is 0 Å². The van der Waals surface area contributed by atoms with Crippen molar-refractivity contribution in [3.05, 3.63) is 59.8 Å². The van der Waals surface area contributed by atoms with Crippen molar-refractivity contribution in [1.29, 1.82) is 0 Å². The van der Waals surface area contributed by atoms with Crippen LogP contribution in [0.1, 0.15) is 22.5 Å². The number of benzene rings is 1. The highest BCUT2D eigenvalue weighted by Gasteiger charge is 2.24. The third kappa shape index (κ3) is 3.15. The van der Waals surface area contributed by atoms with E-state index in [1.807, 2.05) is 44.4 Å². The number of hydrogen-bond donors (Lipinski definition) is 0. The molecule has 0 spiro atoms. The first-order valence-electron chi connectivity index (χ1n) is 8.31. The molecule has 26 heavy (non-hydrogen) atoms. The first-order chi connectivity index (χ1) is 12.5.